The van der Waals surface area contributed by atoms with Gasteiger partial charge in [0, 0.05) is 0 Å². The number of nitriles is 1. The number of aromatic nitrogens is 1. The van der Waals surface area contributed by atoms with Gasteiger partial charge in [-0.15, -0.1) is 0 Å². The van der Waals surface area contributed by atoms with Crippen LogP contribution in [-0.2, 0) is 10.0 Å². The van der Waals surface area contributed by atoms with E-state index in [0.29, 0.717) is 33.9 Å². The first-order chi connectivity index (χ1) is 13.3. The van der Waals surface area contributed by atoms with Crippen LogP contribution >= 0.6 is 0 Å². The molecule has 0 aliphatic carbocycles. The molecule has 0 unspecified atom stereocenters. The standard InChI is InChI=1S/C21H20N4O2S/c1-14-10-15(2)21(16(3)11-14)28(26,27)25-18-8-9-20(23-13-18)24-19-7-5-4-6-17(19)12-22/h4-11,13,25H,1-3H3,(H,23,24). The van der Waals surface area contributed by atoms with Crippen LogP contribution in [-0.4, -0.2) is 13.4 Å². The molecule has 1 heterocycles. The molecule has 0 aliphatic heterocycles. The minimum atomic E-state index is -3.73. The van der Waals surface area contributed by atoms with Gasteiger partial charge in [-0.05, 0) is 56.2 Å². The quantitative estimate of drug-likeness (QED) is 0.670. The molecule has 0 fully saturated rings. The van der Waals surface area contributed by atoms with Crippen molar-refractivity contribution >= 4 is 27.2 Å². The van der Waals surface area contributed by atoms with Crippen LogP contribution in [0.1, 0.15) is 22.3 Å². The maximum absolute atomic E-state index is 12.8. The molecule has 6 nitrogen and oxygen atoms in total. The maximum atomic E-state index is 12.8. The highest BCUT2D eigenvalue weighted by Crippen LogP contribution is 2.25. The summed E-state index contributed by atoms with van der Waals surface area (Å²) >= 11 is 0. The summed E-state index contributed by atoms with van der Waals surface area (Å²) in [6.45, 7) is 5.50. The lowest BCUT2D eigenvalue weighted by Gasteiger charge is -2.14. The average molecular weight is 392 g/mol. The zero-order chi connectivity index (χ0) is 20.3. The van der Waals surface area contributed by atoms with Gasteiger partial charge in [0.25, 0.3) is 10.0 Å². The minimum Gasteiger partial charge on any atom is -0.339 e. The number of pyridine rings is 1. The van der Waals surface area contributed by atoms with Crippen molar-refractivity contribution in [3.63, 3.8) is 0 Å². The lowest BCUT2D eigenvalue weighted by molar-refractivity contribution is 0.600. The molecule has 3 rings (SSSR count). The molecule has 2 aromatic carbocycles. The number of nitrogens with one attached hydrogen (secondary N) is 2. The third kappa shape index (κ3) is 4.13. The van der Waals surface area contributed by atoms with Gasteiger partial charge in [-0.2, -0.15) is 5.26 Å². The number of hydrogen-bond donors (Lipinski definition) is 2. The van der Waals surface area contributed by atoms with Gasteiger partial charge >= 0.3 is 0 Å². The zero-order valence-corrected chi connectivity index (χ0v) is 16.6. The van der Waals surface area contributed by atoms with E-state index in [0.717, 1.165) is 5.56 Å². The molecule has 2 N–H and O–H groups in total. The Balaban J connectivity index is 1.82. The van der Waals surface area contributed by atoms with Crippen LogP contribution in [0.25, 0.3) is 0 Å². The smallest absolute Gasteiger partial charge is 0.262 e. The number of aryl methyl sites for hydroxylation is 3. The summed E-state index contributed by atoms with van der Waals surface area (Å²) in [4.78, 5) is 4.52. The lowest BCUT2D eigenvalue weighted by atomic mass is 10.1. The van der Waals surface area contributed by atoms with Crippen molar-refractivity contribution in [3.05, 3.63) is 77.0 Å². The van der Waals surface area contributed by atoms with Gasteiger partial charge in [0.2, 0.25) is 0 Å². The predicted octanol–water partition coefficient (Wildman–Crippen LogP) is 4.42. The van der Waals surface area contributed by atoms with E-state index in [4.69, 9.17) is 5.26 Å². The second-order valence-corrected chi connectivity index (χ2v) is 8.17. The molecule has 7 heteroatoms. The first kappa shape index (κ1) is 19.4. The lowest BCUT2D eigenvalue weighted by Crippen LogP contribution is -2.16. The fraction of sp³-hybridized carbons (Fsp3) is 0.143. The van der Waals surface area contributed by atoms with E-state index in [1.54, 1.807) is 44.2 Å². The number of sulfonamides is 1. The Labute approximate surface area is 164 Å². The summed E-state index contributed by atoms with van der Waals surface area (Å²) < 4.78 is 28.2. The van der Waals surface area contributed by atoms with Crippen molar-refractivity contribution in [2.24, 2.45) is 0 Å². The molecule has 0 spiro atoms. The highest BCUT2D eigenvalue weighted by Gasteiger charge is 2.20. The van der Waals surface area contributed by atoms with Gasteiger partial charge < -0.3 is 5.32 Å². The van der Waals surface area contributed by atoms with Crippen molar-refractivity contribution < 1.29 is 8.42 Å². The third-order valence-electron chi connectivity index (χ3n) is 4.20. The number of hydrogen-bond acceptors (Lipinski definition) is 5. The van der Waals surface area contributed by atoms with Crippen molar-refractivity contribution in [2.75, 3.05) is 10.0 Å². The monoisotopic (exact) mass is 392 g/mol. The van der Waals surface area contributed by atoms with Gasteiger partial charge in [0.1, 0.15) is 11.9 Å². The van der Waals surface area contributed by atoms with E-state index in [9.17, 15) is 8.42 Å². The van der Waals surface area contributed by atoms with Gasteiger partial charge in [-0.1, -0.05) is 29.8 Å². The Kier molecular flexibility index (Phi) is 5.34. The molecule has 142 valence electrons. The molecule has 3 aromatic rings. The number of nitrogens with zero attached hydrogens (tertiary/aromatic N) is 2. The first-order valence-electron chi connectivity index (χ1n) is 8.63. The van der Waals surface area contributed by atoms with E-state index >= 15 is 0 Å². The van der Waals surface area contributed by atoms with E-state index in [1.165, 1.54) is 6.20 Å². The molecule has 28 heavy (non-hydrogen) atoms. The van der Waals surface area contributed by atoms with E-state index in [-0.39, 0.29) is 4.90 Å². The van der Waals surface area contributed by atoms with Crippen LogP contribution in [0, 0.1) is 32.1 Å². The minimum absolute atomic E-state index is 0.281. The van der Waals surface area contributed by atoms with Gasteiger partial charge in [0.15, 0.2) is 0 Å². The fourth-order valence-electron chi connectivity index (χ4n) is 3.15. The van der Waals surface area contributed by atoms with Crippen molar-refractivity contribution in [1.82, 2.24) is 4.98 Å². The summed E-state index contributed by atoms with van der Waals surface area (Å²) in [5.74, 6) is 0.508. The summed E-state index contributed by atoms with van der Waals surface area (Å²) in [5, 5.41) is 12.2. The Bertz CT molecular complexity index is 1140. The molecule has 0 atom stereocenters. The molecule has 1 aromatic heterocycles. The van der Waals surface area contributed by atoms with Gasteiger partial charge in [0.05, 0.1) is 28.0 Å². The molecular weight excluding hydrogens is 372 g/mol. The van der Waals surface area contributed by atoms with Crippen molar-refractivity contribution in [2.45, 2.75) is 25.7 Å². The number of anilines is 3. The van der Waals surface area contributed by atoms with Gasteiger partial charge in [-0.25, -0.2) is 13.4 Å². The summed E-state index contributed by atoms with van der Waals surface area (Å²) in [6, 6.07) is 16.2. The van der Waals surface area contributed by atoms with E-state index < -0.39 is 10.0 Å². The van der Waals surface area contributed by atoms with Crippen LogP contribution in [0.4, 0.5) is 17.2 Å². The summed E-state index contributed by atoms with van der Waals surface area (Å²) in [5.41, 5.74) is 3.91. The molecular formula is C21H20N4O2S. The molecule has 0 saturated carbocycles. The SMILES string of the molecule is Cc1cc(C)c(S(=O)(=O)Nc2ccc(Nc3ccccc3C#N)nc2)c(C)c1. The van der Waals surface area contributed by atoms with Crippen molar-refractivity contribution in [1.29, 1.82) is 5.26 Å². The van der Waals surface area contributed by atoms with Crippen LogP contribution in [0.3, 0.4) is 0 Å². The third-order valence-corrected chi connectivity index (χ3v) is 5.89. The van der Waals surface area contributed by atoms with Crippen molar-refractivity contribution in [3.8, 4) is 6.07 Å². The zero-order valence-electron chi connectivity index (χ0n) is 15.8. The Morgan fingerprint density at radius 2 is 1.68 bits per heavy atom. The topological polar surface area (TPSA) is 94.9 Å². The van der Waals surface area contributed by atoms with Crippen LogP contribution in [0.15, 0.2) is 59.6 Å². The predicted molar refractivity (Wildman–Crippen MR) is 110 cm³/mol. The molecule has 0 radical (unpaired) electrons. The fourth-order valence-corrected chi connectivity index (χ4v) is 4.65. The first-order valence-corrected chi connectivity index (χ1v) is 10.1. The van der Waals surface area contributed by atoms with E-state index in [1.807, 2.05) is 25.1 Å². The highest BCUT2D eigenvalue weighted by molar-refractivity contribution is 7.92. The molecule has 0 amide bonds. The molecule has 0 saturated heterocycles. The Morgan fingerprint density at radius 1 is 1.00 bits per heavy atom. The van der Waals surface area contributed by atoms with Crippen LogP contribution in [0.5, 0.6) is 0 Å². The van der Waals surface area contributed by atoms with Gasteiger partial charge in [-0.3, -0.25) is 4.72 Å². The second kappa shape index (κ2) is 7.71. The van der Waals surface area contributed by atoms with Crippen LogP contribution in [0.2, 0.25) is 0 Å². The molecule has 0 bridgehead atoms. The summed E-state index contributed by atoms with van der Waals surface area (Å²) in [6.07, 6.45) is 1.44. The average Bonchev–Trinajstić information content (AvgIpc) is 2.62. The molecule has 0 aliphatic rings. The highest BCUT2D eigenvalue weighted by atomic mass is 32.2. The Morgan fingerprint density at radius 3 is 2.29 bits per heavy atom. The number of rotatable bonds is 5. The van der Waals surface area contributed by atoms with Crippen LogP contribution < -0.4 is 10.0 Å². The number of para-hydroxylation sites is 1. The summed E-state index contributed by atoms with van der Waals surface area (Å²) in [7, 11) is -3.73. The second-order valence-electron chi connectivity index (χ2n) is 6.55. The van der Waals surface area contributed by atoms with E-state index in [2.05, 4.69) is 21.1 Å². The Hall–Kier alpha value is -3.37. The maximum Gasteiger partial charge on any atom is 0.262 e. The normalized spacial score (nSPS) is 10.9. The number of benzene rings is 2. The largest absolute Gasteiger partial charge is 0.339 e.